The molecule has 1 rings (SSSR count). The van der Waals surface area contributed by atoms with Crippen LogP contribution in [-0.2, 0) is 11.2 Å². The number of nitrogens with one attached hydrogen (secondary N) is 1. The van der Waals surface area contributed by atoms with Crippen molar-refractivity contribution < 1.29 is 4.79 Å². The van der Waals surface area contributed by atoms with Crippen LogP contribution in [0.25, 0.3) is 0 Å². The zero-order valence-electron chi connectivity index (χ0n) is 11.6. The summed E-state index contributed by atoms with van der Waals surface area (Å²) in [6.45, 7) is 8.07. The van der Waals surface area contributed by atoms with Gasteiger partial charge in [0.1, 0.15) is 5.01 Å². The third kappa shape index (κ3) is 3.78. The van der Waals surface area contributed by atoms with Crippen LogP contribution in [0.1, 0.15) is 50.0 Å². The van der Waals surface area contributed by atoms with Crippen molar-refractivity contribution in [3.8, 4) is 0 Å². The minimum absolute atomic E-state index is 0.0714. The van der Waals surface area contributed by atoms with Crippen molar-refractivity contribution in [2.45, 2.75) is 52.6 Å². The number of aryl methyl sites for hydroxylation is 1. The molecule has 0 aliphatic carbocycles. The first-order valence-corrected chi connectivity index (χ1v) is 7.31. The number of carbonyl (C=O) groups excluding carboxylic acids is 1. The topological polar surface area (TPSA) is 68.0 Å². The third-order valence-electron chi connectivity index (χ3n) is 3.21. The highest BCUT2D eigenvalue weighted by molar-refractivity contribution is 7.11. The van der Waals surface area contributed by atoms with Gasteiger partial charge in [-0.25, -0.2) is 4.98 Å². The summed E-state index contributed by atoms with van der Waals surface area (Å²) in [6.07, 6.45) is 3.75. The predicted molar refractivity (Wildman–Crippen MR) is 75.5 cm³/mol. The van der Waals surface area contributed by atoms with E-state index in [1.54, 1.807) is 11.3 Å². The Morgan fingerprint density at radius 1 is 1.50 bits per heavy atom. The molecule has 0 saturated heterocycles. The fraction of sp³-hybridized carbons (Fsp3) is 0.692. The molecular formula is C13H23N3OS. The molecule has 3 unspecified atom stereocenters. The van der Waals surface area contributed by atoms with Gasteiger partial charge in [0, 0.05) is 11.1 Å². The van der Waals surface area contributed by atoms with Crippen molar-refractivity contribution in [1.82, 2.24) is 10.3 Å². The van der Waals surface area contributed by atoms with E-state index in [2.05, 4.69) is 17.2 Å². The molecule has 0 bridgehead atoms. The van der Waals surface area contributed by atoms with Gasteiger partial charge in [-0.05, 0) is 19.3 Å². The second-order valence-electron chi connectivity index (χ2n) is 4.66. The minimum Gasteiger partial charge on any atom is -0.346 e. The predicted octanol–water partition coefficient (Wildman–Crippen LogP) is 2.26. The lowest BCUT2D eigenvalue weighted by atomic mass is 9.99. The van der Waals surface area contributed by atoms with Crippen LogP contribution in [0.2, 0.25) is 0 Å². The van der Waals surface area contributed by atoms with Gasteiger partial charge in [-0.15, -0.1) is 11.3 Å². The SMILES string of the molecule is CCc1cnc(C(C)NC(=O)C(N)C(C)CC)s1. The Kier molecular flexibility index (Phi) is 5.75. The monoisotopic (exact) mass is 269 g/mol. The summed E-state index contributed by atoms with van der Waals surface area (Å²) in [5, 5.41) is 3.87. The molecule has 0 radical (unpaired) electrons. The van der Waals surface area contributed by atoms with E-state index in [-0.39, 0.29) is 17.9 Å². The standard InChI is InChI=1S/C13H23N3OS/c1-5-8(3)11(14)12(17)16-9(4)13-15-7-10(6-2)18-13/h7-9,11H,5-6,14H2,1-4H3,(H,16,17). The molecule has 4 nitrogen and oxygen atoms in total. The van der Waals surface area contributed by atoms with Crippen molar-refractivity contribution in [2.24, 2.45) is 11.7 Å². The van der Waals surface area contributed by atoms with Crippen molar-refractivity contribution >= 4 is 17.2 Å². The second-order valence-corrected chi connectivity index (χ2v) is 5.81. The highest BCUT2D eigenvalue weighted by Crippen LogP contribution is 2.20. The Morgan fingerprint density at radius 2 is 2.17 bits per heavy atom. The van der Waals surface area contributed by atoms with E-state index in [0.717, 1.165) is 17.8 Å². The fourth-order valence-electron chi connectivity index (χ4n) is 1.57. The molecule has 1 aromatic heterocycles. The Balaban J connectivity index is 2.58. The number of thiazole rings is 1. The van der Waals surface area contributed by atoms with E-state index in [0.29, 0.717) is 0 Å². The summed E-state index contributed by atoms with van der Waals surface area (Å²) < 4.78 is 0. The highest BCUT2D eigenvalue weighted by Gasteiger charge is 2.22. The average molecular weight is 269 g/mol. The minimum atomic E-state index is -0.442. The van der Waals surface area contributed by atoms with Gasteiger partial charge in [0.05, 0.1) is 12.1 Å². The Bertz CT molecular complexity index is 391. The van der Waals surface area contributed by atoms with Crippen molar-refractivity contribution in [3.63, 3.8) is 0 Å². The smallest absolute Gasteiger partial charge is 0.237 e. The zero-order chi connectivity index (χ0) is 13.7. The van der Waals surface area contributed by atoms with Crippen LogP contribution >= 0.6 is 11.3 Å². The maximum Gasteiger partial charge on any atom is 0.237 e. The first kappa shape index (κ1) is 15.1. The van der Waals surface area contributed by atoms with Crippen LogP contribution in [0.4, 0.5) is 0 Å². The van der Waals surface area contributed by atoms with Gasteiger partial charge in [-0.3, -0.25) is 4.79 Å². The van der Waals surface area contributed by atoms with E-state index in [1.807, 2.05) is 27.0 Å². The van der Waals surface area contributed by atoms with E-state index in [1.165, 1.54) is 4.88 Å². The van der Waals surface area contributed by atoms with E-state index < -0.39 is 6.04 Å². The van der Waals surface area contributed by atoms with Gasteiger partial charge >= 0.3 is 0 Å². The molecule has 3 atom stereocenters. The largest absolute Gasteiger partial charge is 0.346 e. The summed E-state index contributed by atoms with van der Waals surface area (Å²) in [7, 11) is 0. The molecule has 18 heavy (non-hydrogen) atoms. The molecule has 1 aromatic rings. The molecule has 1 amide bonds. The number of nitrogens with zero attached hydrogens (tertiary/aromatic N) is 1. The average Bonchev–Trinajstić information content (AvgIpc) is 2.85. The van der Waals surface area contributed by atoms with Gasteiger partial charge in [0.25, 0.3) is 0 Å². The molecule has 0 spiro atoms. The summed E-state index contributed by atoms with van der Waals surface area (Å²) >= 11 is 1.64. The third-order valence-corrected chi connectivity index (χ3v) is 4.53. The van der Waals surface area contributed by atoms with Crippen molar-refractivity contribution in [1.29, 1.82) is 0 Å². The van der Waals surface area contributed by atoms with E-state index >= 15 is 0 Å². The molecule has 3 N–H and O–H groups in total. The molecule has 0 aromatic carbocycles. The molecule has 0 saturated carbocycles. The van der Waals surface area contributed by atoms with E-state index in [9.17, 15) is 4.79 Å². The maximum atomic E-state index is 11.9. The molecule has 5 heteroatoms. The lowest BCUT2D eigenvalue weighted by Gasteiger charge is -2.20. The van der Waals surface area contributed by atoms with Crippen LogP contribution in [-0.4, -0.2) is 16.9 Å². The van der Waals surface area contributed by atoms with Crippen LogP contribution in [0.3, 0.4) is 0 Å². The summed E-state index contributed by atoms with van der Waals surface area (Å²) in [6, 6.07) is -0.513. The van der Waals surface area contributed by atoms with E-state index in [4.69, 9.17) is 5.73 Å². The Hall–Kier alpha value is -0.940. The molecule has 0 aliphatic rings. The van der Waals surface area contributed by atoms with Gasteiger partial charge in [-0.1, -0.05) is 27.2 Å². The zero-order valence-corrected chi connectivity index (χ0v) is 12.4. The normalized spacial score (nSPS) is 16.1. The van der Waals surface area contributed by atoms with Crippen LogP contribution in [0.15, 0.2) is 6.20 Å². The molecular weight excluding hydrogens is 246 g/mol. The lowest BCUT2D eigenvalue weighted by Crippen LogP contribution is -2.45. The Morgan fingerprint density at radius 3 is 2.67 bits per heavy atom. The number of rotatable bonds is 6. The number of carbonyl (C=O) groups is 1. The molecule has 0 aliphatic heterocycles. The first-order chi connectivity index (χ1) is 8.49. The molecule has 102 valence electrons. The second kappa shape index (κ2) is 6.85. The number of nitrogens with two attached hydrogens (primary N) is 1. The van der Waals surface area contributed by atoms with Crippen molar-refractivity contribution in [2.75, 3.05) is 0 Å². The number of hydrogen-bond donors (Lipinski definition) is 2. The van der Waals surface area contributed by atoms with Gasteiger partial charge in [-0.2, -0.15) is 0 Å². The summed E-state index contributed by atoms with van der Waals surface area (Å²) in [5.41, 5.74) is 5.90. The van der Waals surface area contributed by atoms with Crippen molar-refractivity contribution in [3.05, 3.63) is 16.1 Å². The Labute approximate surface area is 113 Å². The lowest BCUT2D eigenvalue weighted by molar-refractivity contribution is -0.124. The van der Waals surface area contributed by atoms with Gasteiger partial charge in [0.2, 0.25) is 5.91 Å². The highest BCUT2D eigenvalue weighted by atomic mass is 32.1. The number of aromatic nitrogens is 1. The van der Waals surface area contributed by atoms with Gasteiger partial charge in [0.15, 0.2) is 0 Å². The fourth-order valence-corrected chi connectivity index (χ4v) is 2.43. The van der Waals surface area contributed by atoms with Gasteiger partial charge < -0.3 is 11.1 Å². The summed E-state index contributed by atoms with van der Waals surface area (Å²) in [5.74, 6) is 0.102. The molecule has 1 heterocycles. The van der Waals surface area contributed by atoms with Crippen LogP contribution in [0.5, 0.6) is 0 Å². The van der Waals surface area contributed by atoms with Crippen LogP contribution in [0, 0.1) is 5.92 Å². The quantitative estimate of drug-likeness (QED) is 0.832. The van der Waals surface area contributed by atoms with Crippen LogP contribution < -0.4 is 11.1 Å². The molecule has 0 fully saturated rings. The maximum absolute atomic E-state index is 11.9. The number of amides is 1. The first-order valence-electron chi connectivity index (χ1n) is 6.50. The number of hydrogen-bond acceptors (Lipinski definition) is 4. The summed E-state index contributed by atoms with van der Waals surface area (Å²) in [4.78, 5) is 17.5.